The second kappa shape index (κ2) is 7.09. The van der Waals surface area contributed by atoms with Crippen LogP contribution in [-0.4, -0.2) is 56.8 Å². The van der Waals surface area contributed by atoms with E-state index in [1.807, 2.05) is 10.6 Å². The van der Waals surface area contributed by atoms with E-state index in [4.69, 9.17) is 5.10 Å². The van der Waals surface area contributed by atoms with Gasteiger partial charge in [0.25, 0.3) is 0 Å². The Bertz CT molecular complexity index is 813. The predicted molar refractivity (Wildman–Crippen MR) is 103 cm³/mol. The molecule has 2 aromatic rings. The molecular weight excluding hydrogens is 340 g/mol. The number of hydrogen-bond acceptors (Lipinski definition) is 5. The fraction of sp³-hybridized carbons (Fsp3) is 0.700. The van der Waals surface area contributed by atoms with Crippen molar-refractivity contribution in [1.29, 1.82) is 0 Å². The molecule has 5 rings (SSSR count). The van der Waals surface area contributed by atoms with Gasteiger partial charge >= 0.3 is 0 Å². The monoisotopic (exact) mass is 368 g/mol. The molecule has 0 spiro atoms. The highest BCUT2D eigenvalue weighted by molar-refractivity contribution is 5.79. The Morgan fingerprint density at radius 3 is 2.37 bits per heavy atom. The normalized spacial score (nSPS) is 22.2. The van der Waals surface area contributed by atoms with Crippen LogP contribution in [-0.2, 0) is 4.79 Å². The number of carbonyl (C=O) groups is 1. The van der Waals surface area contributed by atoms with Crippen LogP contribution in [0.2, 0.25) is 0 Å². The Labute approximate surface area is 159 Å². The van der Waals surface area contributed by atoms with Crippen LogP contribution in [0.15, 0.2) is 12.1 Å². The summed E-state index contributed by atoms with van der Waals surface area (Å²) in [5.41, 5.74) is 0.817. The number of amides is 1. The van der Waals surface area contributed by atoms with Crippen molar-refractivity contribution >= 4 is 17.4 Å². The molecule has 0 unspecified atom stereocenters. The fourth-order valence-electron chi connectivity index (χ4n) is 4.95. The third-order valence-corrected chi connectivity index (χ3v) is 6.58. The van der Waals surface area contributed by atoms with Gasteiger partial charge in [-0.25, -0.2) is 0 Å². The average molecular weight is 368 g/mol. The molecule has 7 heteroatoms. The van der Waals surface area contributed by atoms with Crippen molar-refractivity contribution in [3.05, 3.63) is 18.0 Å². The third kappa shape index (κ3) is 3.17. The van der Waals surface area contributed by atoms with Crippen LogP contribution < -0.4 is 4.90 Å². The Morgan fingerprint density at radius 1 is 0.889 bits per heavy atom. The molecule has 7 nitrogen and oxygen atoms in total. The quantitative estimate of drug-likeness (QED) is 0.833. The minimum absolute atomic E-state index is 0.278. The number of rotatable bonds is 3. The predicted octanol–water partition coefficient (Wildman–Crippen LogP) is 2.62. The lowest BCUT2D eigenvalue weighted by Crippen LogP contribution is -2.41. The Balaban J connectivity index is 1.31. The van der Waals surface area contributed by atoms with E-state index in [0.717, 1.165) is 69.2 Å². The number of fused-ring (bicyclic) bond motifs is 1. The third-order valence-electron chi connectivity index (χ3n) is 6.58. The first-order chi connectivity index (χ1) is 13.3. The number of piperidine rings is 1. The number of likely N-dealkylation sites (tertiary alicyclic amines) is 1. The molecule has 27 heavy (non-hydrogen) atoms. The smallest absolute Gasteiger partial charge is 0.225 e. The van der Waals surface area contributed by atoms with Gasteiger partial charge in [0.2, 0.25) is 5.91 Å². The maximum absolute atomic E-state index is 12.7. The molecule has 0 aromatic carbocycles. The standard InChI is InChI=1S/C20H28N6O/c27-20(16-5-1-2-6-16)25-13-9-15(10-14-25)19-22-21-17-7-8-18(23-26(17)19)24-11-3-4-12-24/h7-8,15-16H,1-6,9-14H2. The molecule has 4 heterocycles. The summed E-state index contributed by atoms with van der Waals surface area (Å²) in [6.07, 6.45) is 8.97. The molecule has 144 valence electrons. The summed E-state index contributed by atoms with van der Waals surface area (Å²) >= 11 is 0. The molecule has 2 aliphatic heterocycles. The summed E-state index contributed by atoms with van der Waals surface area (Å²) in [5, 5.41) is 13.6. The molecule has 0 radical (unpaired) electrons. The summed E-state index contributed by atoms with van der Waals surface area (Å²) in [6, 6.07) is 4.08. The summed E-state index contributed by atoms with van der Waals surface area (Å²) < 4.78 is 1.94. The Hall–Kier alpha value is -2.18. The zero-order valence-electron chi connectivity index (χ0n) is 15.9. The molecule has 1 amide bonds. The second-order valence-electron chi connectivity index (χ2n) is 8.29. The van der Waals surface area contributed by atoms with Gasteiger partial charge in [-0.3, -0.25) is 4.79 Å². The first-order valence-electron chi connectivity index (χ1n) is 10.6. The van der Waals surface area contributed by atoms with Crippen LogP contribution in [0.1, 0.15) is 63.1 Å². The van der Waals surface area contributed by atoms with Gasteiger partial charge in [0.05, 0.1) is 0 Å². The maximum atomic E-state index is 12.7. The van der Waals surface area contributed by atoms with E-state index in [9.17, 15) is 4.79 Å². The summed E-state index contributed by atoms with van der Waals surface area (Å²) in [6.45, 7) is 3.83. The van der Waals surface area contributed by atoms with E-state index >= 15 is 0 Å². The van der Waals surface area contributed by atoms with Crippen LogP contribution >= 0.6 is 0 Å². The molecule has 1 saturated carbocycles. The van der Waals surface area contributed by atoms with Gasteiger partial charge < -0.3 is 9.80 Å². The van der Waals surface area contributed by atoms with Crippen LogP contribution in [0.4, 0.5) is 5.82 Å². The number of nitrogens with zero attached hydrogens (tertiary/aromatic N) is 6. The first kappa shape index (κ1) is 17.0. The number of anilines is 1. The number of hydrogen-bond donors (Lipinski definition) is 0. The topological polar surface area (TPSA) is 66.6 Å². The highest BCUT2D eigenvalue weighted by atomic mass is 16.2. The summed E-state index contributed by atoms with van der Waals surface area (Å²) in [4.78, 5) is 17.1. The lowest BCUT2D eigenvalue weighted by atomic mass is 9.94. The fourth-order valence-corrected chi connectivity index (χ4v) is 4.95. The van der Waals surface area contributed by atoms with Crippen LogP contribution in [0.3, 0.4) is 0 Å². The van der Waals surface area contributed by atoms with E-state index in [1.165, 1.54) is 25.7 Å². The van der Waals surface area contributed by atoms with Gasteiger partial charge in [-0.1, -0.05) is 12.8 Å². The minimum atomic E-state index is 0.278. The highest BCUT2D eigenvalue weighted by Crippen LogP contribution is 2.31. The second-order valence-corrected chi connectivity index (χ2v) is 8.29. The van der Waals surface area contributed by atoms with Crippen molar-refractivity contribution < 1.29 is 4.79 Å². The van der Waals surface area contributed by atoms with Crippen molar-refractivity contribution in [3.63, 3.8) is 0 Å². The lowest BCUT2D eigenvalue weighted by Gasteiger charge is -2.32. The van der Waals surface area contributed by atoms with Crippen molar-refractivity contribution in [1.82, 2.24) is 24.7 Å². The molecule has 0 atom stereocenters. The zero-order valence-corrected chi connectivity index (χ0v) is 15.9. The molecule has 2 saturated heterocycles. The largest absolute Gasteiger partial charge is 0.355 e. The molecule has 0 bridgehead atoms. The van der Waals surface area contributed by atoms with Gasteiger partial charge in [0.15, 0.2) is 11.5 Å². The van der Waals surface area contributed by atoms with Gasteiger partial charge in [-0.05, 0) is 50.7 Å². The molecule has 3 aliphatic rings. The SMILES string of the molecule is O=C(C1CCCC1)N1CCC(c2nnc3ccc(N4CCCC4)nn23)CC1. The molecule has 0 N–H and O–H groups in total. The van der Waals surface area contributed by atoms with Crippen LogP contribution in [0.5, 0.6) is 0 Å². The molecule has 1 aliphatic carbocycles. The maximum Gasteiger partial charge on any atom is 0.225 e. The van der Waals surface area contributed by atoms with Crippen molar-refractivity contribution in [2.75, 3.05) is 31.1 Å². The van der Waals surface area contributed by atoms with Gasteiger partial charge in [0, 0.05) is 38.0 Å². The van der Waals surface area contributed by atoms with E-state index < -0.39 is 0 Å². The Morgan fingerprint density at radius 2 is 1.63 bits per heavy atom. The number of aromatic nitrogens is 4. The van der Waals surface area contributed by atoms with E-state index in [0.29, 0.717) is 11.8 Å². The lowest BCUT2D eigenvalue weighted by molar-refractivity contribution is -0.136. The van der Waals surface area contributed by atoms with E-state index in [-0.39, 0.29) is 5.92 Å². The average Bonchev–Trinajstić information content (AvgIpc) is 3.48. The van der Waals surface area contributed by atoms with Crippen LogP contribution in [0, 0.1) is 5.92 Å². The molecule has 3 fully saturated rings. The summed E-state index contributed by atoms with van der Waals surface area (Å²) in [7, 11) is 0. The van der Waals surface area contributed by atoms with Crippen LogP contribution in [0.25, 0.3) is 5.65 Å². The highest BCUT2D eigenvalue weighted by Gasteiger charge is 2.32. The van der Waals surface area contributed by atoms with Gasteiger partial charge in [0.1, 0.15) is 5.82 Å². The zero-order chi connectivity index (χ0) is 18.2. The Kier molecular flexibility index (Phi) is 4.45. The van der Waals surface area contributed by atoms with E-state index in [2.05, 4.69) is 26.1 Å². The van der Waals surface area contributed by atoms with Gasteiger partial charge in [-0.2, -0.15) is 4.52 Å². The number of carbonyl (C=O) groups excluding carboxylic acids is 1. The van der Waals surface area contributed by atoms with Crippen molar-refractivity contribution in [3.8, 4) is 0 Å². The summed E-state index contributed by atoms with van der Waals surface area (Å²) in [5.74, 6) is 2.97. The molecule has 2 aromatic heterocycles. The van der Waals surface area contributed by atoms with E-state index in [1.54, 1.807) is 0 Å². The first-order valence-corrected chi connectivity index (χ1v) is 10.6. The molecular formula is C20H28N6O. The van der Waals surface area contributed by atoms with Gasteiger partial charge in [-0.15, -0.1) is 15.3 Å². The van der Waals surface area contributed by atoms with Crippen molar-refractivity contribution in [2.24, 2.45) is 5.92 Å². The van der Waals surface area contributed by atoms with Crippen molar-refractivity contribution in [2.45, 2.75) is 57.3 Å². The minimum Gasteiger partial charge on any atom is -0.355 e.